The van der Waals surface area contributed by atoms with E-state index in [1.165, 1.54) is 0 Å². The number of hydrogen-bond acceptors (Lipinski definition) is 3. The molecule has 100 valence electrons. The van der Waals surface area contributed by atoms with Crippen molar-refractivity contribution >= 4 is 5.91 Å². The topological polar surface area (TPSA) is 55.6 Å². The van der Waals surface area contributed by atoms with Crippen LogP contribution in [-0.2, 0) is 9.53 Å². The number of hydrogen-bond donors (Lipinski definition) is 1. The van der Waals surface area contributed by atoms with Crippen molar-refractivity contribution in [2.45, 2.75) is 46.3 Å². The highest BCUT2D eigenvalue weighted by Crippen LogP contribution is 2.23. The number of carbonyl (C=O) groups is 1. The number of amides is 1. The molecule has 0 spiro atoms. The Bertz CT molecular complexity index is 273. The average Bonchev–Trinajstić information content (AvgIpc) is 2.26. The molecule has 3 atom stereocenters. The van der Waals surface area contributed by atoms with Gasteiger partial charge in [0.1, 0.15) is 0 Å². The van der Waals surface area contributed by atoms with Gasteiger partial charge in [-0.15, -0.1) is 0 Å². The van der Waals surface area contributed by atoms with E-state index in [9.17, 15) is 4.79 Å². The molecule has 4 heteroatoms. The number of carbonyl (C=O) groups excluding carboxylic acids is 1. The van der Waals surface area contributed by atoms with Crippen molar-refractivity contribution in [3.05, 3.63) is 0 Å². The fourth-order valence-electron chi connectivity index (χ4n) is 2.11. The van der Waals surface area contributed by atoms with Crippen molar-refractivity contribution < 1.29 is 9.53 Å². The van der Waals surface area contributed by atoms with Gasteiger partial charge in [0.2, 0.25) is 5.91 Å². The molecule has 0 aromatic carbocycles. The van der Waals surface area contributed by atoms with Crippen molar-refractivity contribution in [3.63, 3.8) is 0 Å². The van der Waals surface area contributed by atoms with Crippen molar-refractivity contribution in [2.75, 3.05) is 20.2 Å². The summed E-state index contributed by atoms with van der Waals surface area (Å²) in [5, 5.41) is 0. The Kier molecular flexibility index (Phi) is 4.55. The molecule has 1 aliphatic rings. The fourth-order valence-corrected chi connectivity index (χ4v) is 2.11. The molecule has 0 bridgehead atoms. The summed E-state index contributed by atoms with van der Waals surface area (Å²) >= 11 is 0. The molecule has 17 heavy (non-hydrogen) atoms. The molecule has 0 aromatic rings. The van der Waals surface area contributed by atoms with Crippen LogP contribution in [0.4, 0.5) is 0 Å². The smallest absolute Gasteiger partial charge is 0.240 e. The molecule has 1 heterocycles. The monoisotopic (exact) mass is 242 g/mol. The second-order valence-corrected chi connectivity index (χ2v) is 6.17. The van der Waals surface area contributed by atoms with E-state index in [1.807, 2.05) is 25.7 Å². The summed E-state index contributed by atoms with van der Waals surface area (Å²) in [6.45, 7) is 9.62. The van der Waals surface area contributed by atoms with Gasteiger partial charge in [0, 0.05) is 20.2 Å². The van der Waals surface area contributed by atoms with Gasteiger partial charge >= 0.3 is 0 Å². The van der Waals surface area contributed by atoms with Gasteiger partial charge in [-0.05, 0) is 17.8 Å². The van der Waals surface area contributed by atoms with E-state index in [0.717, 1.165) is 13.0 Å². The molecule has 0 aliphatic carbocycles. The van der Waals surface area contributed by atoms with Crippen LogP contribution < -0.4 is 5.73 Å². The predicted octanol–water partition coefficient (Wildman–Crippen LogP) is 1.24. The molecule has 1 fully saturated rings. The lowest BCUT2D eigenvalue weighted by molar-refractivity contribution is -0.140. The summed E-state index contributed by atoms with van der Waals surface area (Å²) in [4.78, 5) is 14.1. The zero-order valence-electron chi connectivity index (χ0n) is 11.7. The number of nitrogens with zero attached hydrogens (tertiary/aromatic N) is 1. The summed E-state index contributed by atoms with van der Waals surface area (Å²) in [5.41, 5.74) is 5.82. The SMILES string of the molecule is COC1CN(C(=O)C(N)C(C)(C)C)CCC1C. The minimum Gasteiger partial charge on any atom is -0.379 e. The Hall–Kier alpha value is -0.610. The van der Waals surface area contributed by atoms with Gasteiger partial charge in [-0.25, -0.2) is 0 Å². The number of methoxy groups -OCH3 is 1. The van der Waals surface area contributed by atoms with E-state index in [0.29, 0.717) is 12.5 Å². The minimum atomic E-state index is -0.437. The molecule has 1 rings (SSSR count). The Morgan fingerprint density at radius 2 is 2.06 bits per heavy atom. The molecule has 3 unspecified atom stereocenters. The first-order valence-electron chi connectivity index (χ1n) is 6.34. The third kappa shape index (κ3) is 3.42. The summed E-state index contributed by atoms with van der Waals surface area (Å²) in [7, 11) is 1.71. The molecule has 2 N–H and O–H groups in total. The van der Waals surface area contributed by atoms with Gasteiger partial charge in [-0.3, -0.25) is 4.79 Å². The third-order valence-electron chi connectivity index (χ3n) is 3.70. The Morgan fingerprint density at radius 3 is 2.53 bits per heavy atom. The fraction of sp³-hybridized carbons (Fsp3) is 0.923. The maximum Gasteiger partial charge on any atom is 0.240 e. The van der Waals surface area contributed by atoms with Gasteiger partial charge in [0.25, 0.3) is 0 Å². The van der Waals surface area contributed by atoms with Gasteiger partial charge in [0.15, 0.2) is 0 Å². The van der Waals surface area contributed by atoms with Crippen LogP contribution in [-0.4, -0.2) is 43.2 Å². The Balaban J connectivity index is 2.65. The second-order valence-electron chi connectivity index (χ2n) is 6.17. The van der Waals surface area contributed by atoms with Crippen LogP contribution in [0.1, 0.15) is 34.1 Å². The van der Waals surface area contributed by atoms with E-state index < -0.39 is 6.04 Å². The van der Waals surface area contributed by atoms with Gasteiger partial charge < -0.3 is 15.4 Å². The third-order valence-corrected chi connectivity index (χ3v) is 3.70. The quantitative estimate of drug-likeness (QED) is 0.792. The van der Waals surface area contributed by atoms with Crippen LogP contribution in [0, 0.1) is 11.3 Å². The summed E-state index contributed by atoms with van der Waals surface area (Å²) < 4.78 is 5.41. The summed E-state index contributed by atoms with van der Waals surface area (Å²) in [6.07, 6.45) is 1.13. The number of rotatable bonds is 2. The lowest BCUT2D eigenvalue weighted by Crippen LogP contribution is -2.55. The maximum atomic E-state index is 12.3. The van der Waals surface area contributed by atoms with Crippen molar-refractivity contribution in [2.24, 2.45) is 17.1 Å². The highest BCUT2D eigenvalue weighted by atomic mass is 16.5. The molecule has 4 nitrogen and oxygen atoms in total. The number of likely N-dealkylation sites (tertiary alicyclic amines) is 1. The average molecular weight is 242 g/mol. The summed E-state index contributed by atoms with van der Waals surface area (Å²) in [6, 6.07) is -0.437. The van der Waals surface area contributed by atoms with Gasteiger partial charge in [0.05, 0.1) is 12.1 Å². The van der Waals surface area contributed by atoms with Crippen LogP contribution in [0.15, 0.2) is 0 Å². The zero-order valence-corrected chi connectivity index (χ0v) is 11.7. The van der Waals surface area contributed by atoms with Gasteiger partial charge in [-0.2, -0.15) is 0 Å². The van der Waals surface area contributed by atoms with E-state index >= 15 is 0 Å². The van der Waals surface area contributed by atoms with Crippen molar-refractivity contribution in [1.29, 1.82) is 0 Å². The number of ether oxygens (including phenoxy) is 1. The van der Waals surface area contributed by atoms with E-state index in [2.05, 4.69) is 6.92 Å². The molecule has 0 saturated carbocycles. The lowest BCUT2D eigenvalue weighted by Gasteiger charge is -2.39. The molecular weight excluding hydrogens is 216 g/mol. The lowest BCUT2D eigenvalue weighted by atomic mass is 9.85. The first-order valence-corrected chi connectivity index (χ1v) is 6.34. The van der Waals surface area contributed by atoms with E-state index in [4.69, 9.17) is 10.5 Å². The van der Waals surface area contributed by atoms with E-state index in [1.54, 1.807) is 7.11 Å². The largest absolute Gasteiger partial charge is 0.379 e. The Labute approximate surface area is 104 Å². The van der Waals surface area contributed by atoms with Gasteiger partial charge in [-0.1, -0.05) is 27.7 Å². The Morgan fingerprint density at radius 1 is 1.47 bits per heavy atom. The molecule has 1 amide bonds. The zero-order chi connectivity index (χ0) is 13.2. The van der Waals surface area contributed by atoms with Crippen LogP contribution in [0.2, 0.25) is 0 Å². The molecular formula is C13H26N2O2. The van der Waals surface area contributed by atoms with E-state index in [-0.39, 0.29) is 17.4 Å². The highest BCUT2D eigenvalue weighted by Gasteiger charge is 2.35. The van der Waals surface area contributed by atoms with Crippen molar-refractivity contribution in [3.8, 4) is 0 Å². The number of nitrogens with two attached hydrogens (primary N) is 1. The first kappa shape index (κ1) is 14.5. The van der Waals surface area contributed by atoms with Crippen LogP contribution in [0.3, 0.4) is 0 Å². The second kappa shape index (κ2) is 5.36. The predicted molar refractivity (Wildman–Crippen MR) is 68.6 cm³/mol. The molecule has 0 aromatic heterocycles. The number of piperidine rings is 1. The highest BCUT2D eigenvalue weighted by molar-refractivity contribution is 5.82. The van der Waals surface area contributed by atoms with Crippen LogP contribution in [0.5, 0.6) is 0 Å². The summed E-state index contributed by atoms with van der Waals surface area (Å²) in [5.74, 6) is 0.557. The molecule has 1 aliphatic heterocycles. The minimum absolute atomic E-state index is 0.0476. The molecule has 0 radical (unpaired) electrons. The van der Waals surface area contributed by atoms with Crippen LogP contribution in [0.25, 0.3) is 0 Å². The normalized spacial score (nSPS) is 28.0. The van der Waals surface area contributed by atoms with Crippen LogP contribution >= 0.6 is 0 Å². The molecule has 1 saturated heterocycles. The standard InChI is InChI=1S/C13H26N2O2/c1-9-6-7-15(8-10(9)17-5)12(16)11(14)13(2,3)4/h9-11H,6-8,14H2,1-5H3. The first-order chi connectivity index (χ1) is 7.77. The van der Waals surface area contributed by atoms with Crippen molar-refractivity contribution in [1.82, 2.24) is 4.90 Å². The maximum absolute atomic E-state index is 12.3.